The molecule has 1 aromatic carbocycles. The number of nitrogens with zero attached hydrogens (tertiary/aromatic N) is 3. The summed E-state index contributed by atoms with van der Waals surface area (Å²) in [5.74, 6) is -0.530. The van der Waals surface area contributed by atoms with Crippen LogP contribution in [0.15, 0.2) is 54.7 Å². The van der Waals surface area contributed by atoms with Crippen LogP contribution in [0, 0.1) is 0 Å². The molecular weight excluding hydrogens is 340 g/mol. The van der Waals surface area contributed by atoms with Gasteiger partial charge in [0.1, 0.15) is 12.2 Å². The number of aromatic nitrogens is 2. The topological polar surface area (TPSA) is 66.7 Å². The van der Waals surface area contributed by atoms with E-state index in [1.807, 2.05) is 30.5 Å². The number of nitrogens with one attached hydrogen (secondary N) is 1. The molecule has 124 valence electrons. The Balaban J connectivity index is 1.67. The van der Waals surface area contributed by atoms with Crippen LogP contribution in [0.5, 0.6) is 0 Å². The van der Waals surface area contributed by atoms with Crippen molar-refractivity contribution in [2.24, 2.45) is 0 Å². The number of hydrogen-bond acceptors (Lipinski definition) is 3. The van der Waals surface area contributed by atoms with Gasteiger partial charge in [-0.25, -0.2) is 4.98 Å². The summed E-state index contributed by atoms with van der Waals surface area (Å²) in [5, 5.41) is 3.07. The number of halogens is 1. The summed E-state index contributed by atoms with van der Waals surface area (Å²) >= 11 is 6.17. The highest BCUT2D eigenvalue weighted by Gasteiger charge is 2.25. The average Bonchev–Trinajstić information content (AvgIpc) is 2.94. The Morgan fingerprint density at radius 1 is 1.20 bits per heavy atom. The Kier molecular flexibility index (Phi) is 3.74. The van der Waals surface area contributed by atoms with Crippen LogP contribution in [-0.4, -0.2) is 27.7 Å². The van der Waals surface area contributed by atoms with Crippen molar-refractivity contribution in [3.8, 4) is 0 Å². The fraction of sp³-hybridized carbons (Fsp3) is 0.0556. The summed E-state index contributed by atoms with van der Waals surface area (Å²) in [7, 11) is 0. The highest BCUT2D eigenvalue weighted by atomic mass is 35.5. The van der Waals surface area contributed by atoms with Crippen molar-refractivity contribution in [3.63, 3.8) is 0 Å². The molecule has 2 amide bonds. The molecular formula is C18H13ClN4O2. The SMILES string of the molecule is O=C1CN(C(=O)/C=C\c2c(Cl)nc3ccccn23)c2ccccc2N1. The molecule has 0 radical (unpaired) electrons. The fourth-order valence-corrected chi connectivity index (χ4v) is 3.05. The predicted molar refractivity (Wildman–Crippen MR) is 96.7 cm³/mol. The zero-order valence-electron chi connectivity index (χ0n) is 13.0. The average molecular weight is 353 g/mol. The third-order valence-corrected chi connectivity index (χ3v) is 4.22. The Labute approximate surface area is 148 Å². The number of carbonyl (C=O) groups is 2. The first-order valence-electron chi connectivity index (χ1n) is 7.64. The van der Waals surface area contributed by atoms with Crippen LogP contribution in [0.4, 0.5) is 11.4 Å². The Bertz CT molecular complexity index is 1020. The largest absolute Gasteiger partial charge is 0.323 e. The second-order valence-corrected chi connectivity index (χ2v) is 5.90. The van der Waals surface area contributed by atoms with Crippen LogP contribution >= 0.6 is 11.6 Å². The van der Waals surface area contributed by atoms with Crippen molar-refractivity contribution in [1.82, 2.24) is 9.38 Å². The van der Waals surface area contributed by atoms with Crippen molar-refractivity contribution in [2.45, 2.75) is 0 Å². The zero-order valence-corrected chi connectivity index (χ0v) is 13.8. The summed E-state index contributed by atoms with van der Waals surface area (Å²) < 4.78 is 1.79. The van der Waals surface area contributed by atoms with Gasteiger partial charge in [0.15, 0.2) is 5.15 Å². The Morgan fingerprint density at radius 3 is 2.88 bits per heavy atom. The van der Waals surface area contributed by atoms with Crippen molar-refractivity contribution < 1.29 is 9.59 Å². The van der Waals surface area contributed by atoms with Gasteiger partial charge in [-0.05, 0) is 30.3 Å². The van der Waals surface area contributed by atoms with Crippen LogP contribution in [0.2, 0.25) is 5.15 Å². The van der Waals surface area contributed by atoms with Crippen molar-refractivity contribution in [3.05, 3.63) is 65.6 Å². The molecule has 0 atom stereocenters. The number of amides is 2. The van der Waals surface area contributed by atoms with Crippen molar-refractivity contribution in [2.75, 3.05) is 16.8 Å². The molecule has 0 unspecified atom stereocenters. The molecule has 3 aromatic rings. The normalized spacial score (nSPS) is 14.0. The number of benzene rings is 1. The number of fused-ring (bicyclic) bond motifs is 2. The van der Waals surface area contributed by atoms with E-state index in [1.54, 1.807) is 28.7 Å². The van der Waals surface area contributed by atoms with Crippen LogP contribution in [-0.2, 0) is 9.59 Å². The minimum absolute atomic E-state index is 0.0267. The molecule has 6 nitrogen and oxygen atoms in total. The summed E-state index contributed by atoms with van der Waals surface area (Å²) in [6.07, 6.45) is 4.83. The molecule has 0 bridgehead atoms. The number of pyridine rings is 1. The van der Waals surface area contributed by atoms with E-state index in [0.29, 0.717) is 27.9 Å². The number of anilines is 2. The lowest BCUT2D eigenvalue weighted by Crippen LogP contribution is -2.41. The van der Waals surface area contributed by atoms with Gasteiger partial charge < -0.3 is 5.32 Å². The van der Waals surface area contributed by atoms with Crippen LogP contribution in [0.25, 0.3) is 11.7 Å². The third kappa shape index (κ3) is 2.77. The molecule has 3 heterocycles. The van der Waals surface area contributed by atoms with Crippen LogP contribution in [0.1, 0.15) is 5.69 Å². The molecule has 1 N–H and O–H groups in total. The van der Waals surface area contributed by atoms with E-state index in [0.717, 1.165) is 0 Å². The van der Waals surface area contributed by atoms with E-state index in [4.69, 9.17) is 11.6 Å². The second-order valence-electron chi connectivity index (χ2n) is 5.54. The number of carbonyl (C=O) groups excluding carboxylic acids is 2. The standard InChI is InChI=1S/C18H13ClN4O2/c19-18-14(22-10-4-3-7-15(22)21-18)8-9-17(25)23-11-16(24)20-12-5-1-2-6-13(12)23/h1-10H,11H2,(H,20,24)/b9-8-. The van der Waals surface area contributed by atoms with Crippen molar-refractivity contribution >= 4 is 46.5 Å². The van der Waals surface area contributed by atoms with Gasteiger partial charge in [0.2, 0.25) is 5.91 Å². The minimum atomic E-state index is -0.302. The van der Waals surface area contributed by atoms with E-state index >= 15 is 0 Å². The molecule has 0 saturated heterocycles. The molecule has 0 aliphatic carbocycles. The lowest BCUT2D eigenvalue weighted by molar-refractivity contribution is -0.119. The maximum Gasteiger partial charge on any atom is 0.251 e. The molecule has 7 heteroatoms. The third-order valence-electron chi connectivity index (χ3n) is 3.94. The molecule has 4 rings (SSSR count). The van der Waals surface area contributed by atoms with E-state index in [-0.39, 0.29) is 18.4 Å². The number of para-hydroxylation sites is 2. The Hall–Kier alpha value is -3.12. The van der Waals surface area contributed by atoms with E-state index in [2.05, 4.69) is 10.3 Å². The lowest BCUT2D eigenvalue weighted by Gasteiger charge is -2.28. The highest BCUT2D eigenvalue weighted by molar-refractivity contribution is 6.31. The van der Waals surface area contributed by atoms with E-state index < -0.39 is 0 Å². The number of imidazole rings is 1. The molecule has 25 heavy (non-hydrogen) atoms. The maximum absolute atomic E-state index is 12.6. The van der Waals surface area contributed by atoms with E-state index in [1.165, 1.54) is 11.0 Å². The first-order valence-corrected chi connectivity index (χ1v) is 8.02. The summed E-state index contributed by atoms with van der Waals surface area (Å²) in [4.78, 5) is 30.1. The van der Waals surface area contributed by atoms with Crippen LogP contribution in [0.3, 0.4) is 0 Å². The van der Waals surface area contributed by atoms with Gasteiger partial charge in [-0.3, -0.25) is 18.9 Å². The zero-order chi connectivity index (χ0) is 17.4. The predicted octanol–water partition coefficient (Wildman–Crippen LogP) is 2.99. The van der Waals surface area contributed by atoms with Crippen LogP contribution < -0.4 is 10.2 Å². The van der Waals surface area contributed by atoms with Gasteiger partial charge in [0.05, 0.1) is 17.1 Å². The summed E-state index contributed by atoms with van der Waals surface area (Å²) in [5.41, 5.74) is 2.59. The highest BCUT2D eigenvalue weighted by Crippen LogP contribution is 2.29. The molecule has 2 aromatic heterocycles. The maximum atomic E-state index is 12.6. The lowest BCUT2D eigenvalue weighted by atomic mass is 10.2. The Morgan fingerprint density at radius 2 is 2.00 bits per heavy atom. The van der Waals surface area contributed by atoms with Gasteiger partial charge in [-0.1, -0.05) is 29.8 Å². The summed E-state index contributed by atoms with van der Waals surface area (Å²) in [6.45, 7) is -0.0267. The van der Waals surface area contributed by atoms with Gasteiger partial charge >= 0.3 is 0 Å². The minimum Gasteiger partial charge on any atom is -0.323 e. The smallest absolute Gasteiger partial charge is 0.251 e. The second kappa shape index (κ2) is 6.07. The first kappa shape index (κ1) is 15.4. The quantitative estimate of drug-likeness (QED) is 0.721. The molecule has 0 spiro atoms. The van der Waals surface area contributed by atoms with Gasteiger partial charge in [0.25, 0.3) is 5.91 Å². The number of hydrogen-bond donors (Lipinski definition) is 1. The fourth-order valence-electron chi connectivity index (χ4n) is 2.81. The van der Waals surface area contributed by atoms with Gasteiger partial charge in [-0.15, -0.1) is 0 Å². The summed E-state index contributed by atoms with van der Waals surface area (Å²) in [6, 6.07) is 12.7. The van der Waals surface area contributed by atoms with E-state index in [9.17, 15) is 9.59 Å². The molecule has 1 aliphatic heterocycles. The molecule has 0 fully saturated rings. The van der Waals surface area contributed by atoms with Gasteiger partial charge in [-0.2, -0.15) is 0 Å². The monoisotopic (exact) mass is 352 g/mol. The first-order chi connectivity index (χ1) is 12.1. The van der Waals surface area contributed by atoms with Gasteiger partial charge in [0, 0.05) is 12.3 Å². The molecule has 0 saturated carbocycles. The van der Waals surface area contributed by atoms with Crippen molar-refractivity contribution in [1.29, 1.82) is 0 Å². The number of rotatable bonds is 2. The molecule has 1 aliphatic rings.